The van der Waals surface area contributed by atoms with Crippen LogP contribution in [-0.4, -0.2) is 22.5 Å². The maximum Gasteiger partial charge on any atom is 0.282 e. The molecule has 1 heterocycles. The molecule has 0 aliphatic rings. The van der Waals surface area contributed by atoms with Crippen LogP contribution < -0.4 is 15.0 Å². The van der Waals surface area contributed by atoms with Crippen LogP contribution in [0.25, 0.3) is 10.9 Å². The molecule has 6 nitrogen and oxygen atoms in total. The van der Waals surface area contributed by atoms with E-state index in [0.29, 0.717) is 23.3 Å². The fraction of sp³-hybridized carbons (Fsp3) is 0.160. The molecule has 6 heteroatoms. The van der Waals surface area contributed by atoms with Gasteiger partial charge in [0.25, 0.3) is 5.56 Å². The van der Waals surface area contributed by atoms with Gasteiger partial charge in [0, 0.05) is 0 Å². The van der Waals surface area contributed by atoms with E-state index in [1.165, 1.54) is 4.68 Å². The van der Waals surface area contributed by atoms with E-state index >= 15 is 0 Å². The van der Waals surface area contributed by atoms with Gasteiger partial charge in [0.2, 0.25) is 0 Å². The molecule has 0 N–H and O–H groups in total. The summed E-state index contributed by atoms with van der Waals surface area (Å²) in [4.78, 5) is 17.8. The number of para-hydroxylation sites is 2. The van der Waals surface area contributed by atoms with Crippen LogP contribution in [0.1, 0.15) is 23.9 Å². The van der Waals surface area contributed by atoms with Crippen LogP contribution in [0.2, 0.25) is 0 Å². The monoisotopic (exact) mass is 413 g/mol. The third-order valence-corrected chi connectivity index (χ3v) is 4.78. The molecule has 4 rings (SSSR count). The minimum Gasteiger partial charge on any atom is -0.494 e. The maximum atomic E-state index is 13.1. The third kappa shape index (κ3) is 4.64. The second-order valence-corrected chi connectivity index (χ2v) is 6.96. The Morgan fingerprint density at radius 1 is 0.968 bits per heavy atom. The van der Waals surface area contributed by atoms with Gasteiger partial charge in [-0.2, -0.15) is 9.78 Å². The van der Waals surface area contributed by atoms with Crippen molar-refractivity contribution in [2.45, 2.75) is 20.5 Å². The summed E-state index contributed by atoms with van der Waals surface area (Å²) in [5.74, 6) is 1.96. The summed E-state index contributed by atoms with van der Waals surface area (Å²) < 4.78 is 12.7. The summed E-state index contributed by atoms with van der Waals surface area (Å²) in [5, 5.41) is 4.94. The number of hydrogen-bond donors (Lipinski definition) is 0. The van der Waals surface area contributed by atoms with Crippen LogP contribution in [-0.2, 0) is 6.61 Å². The largest absolute Gasteiger partial charge is 0.494 e. The molecule has 0 bridgehead atoms. The number of fused-ring (bicyclic) bond motifs is 1. The molecule has 0 saturated heterocycles. The van der Waals surface area contributed by atoms with Crippen molar-refractivity contribution >= 4 is 17.1 Å². The molecule has 156 valence electrons. The van der Waals surface area contributed by atoms with Crippen LogP contribution in [0.3, 0.4) is 0 Å². The Hall–Kier alpha value is -3.93. The molecule has 0 radical (unpaired) electrons. The Morgan fingerprint density at radius 3 is 2.48 bits per heavy atom. The van der Waals surface area contributed by atoms with Gasteiger partial charge in [0.15, 0.2) is 5.82 Å². The van der Waals surface area contributed by atoms with Crippen molar-refractivity contribution in [1.82, 2.24) is 9.66 Å². The first-order chi connectivity index (χ1) is 15.2. The first-order valence-corrected chi connectivity index (χ1v) is 10.1. The van der Waals surface area contributed by atoms with Gasteiger partial charge in [-0.25, -0.2) is 4.98 Å². The average Bonchev–Trinajstić information content (AvgIpc) is 2.79. The molecule has 0 spiro atoms. The number of nitrogens with zero attached hydrogens (tertiary/aromatic N) is 3. The average molecular weight is 413 g/mol. The van der Waals surface area contributed by atoms with E-state index in [4.69, 9.17) is 9.47 Å². The lowest BCUT2D eigenvalue weighted by molar-refractivity contribution is 0.287. The predicted octanol–water partition coefficient (Wildman–Crippen LogP) is 4.56. The number of ether oxygens (including phenoxy) is 2. The highest BCUT2D eigenvalue weighted by Crippen LogP contribution is 2.18. The summed E-state index contributed by atoms with van der Waals surface area (Å²) >= 11 is 0. The van der Waals surface area contributed by atoms with E-state index in [-0.39, 0.29) is 12.2 Å². The van der Waals surface area contributed by atoms with Crippen LogP contribution in [0.5, 0.6) is 11.5 Å². The molecule has 0 fully saturated rings. The molecule has 0 saturated carbocycles. The molecule has 1 aromatic heterocycles. The van der Waals surface area contributed by atoms with Crippen molar-refractivity contribution in [3.63, 3.8) is 0 Å². The SMILES string of the molecule is CCOc1ccc(C=Nn2c(COc3ccccc3C)nc3ccccc3c2=O)cc1. The number of aryl methyl sites for hydroxylation is 1. The van der Waals surface area contributed by atoms with Gasteiger partial charge in [0.1, 0.15) is 18.1 Å². The zero-order valence-corrected chi connectivity index (χ0v) is 17.5. The van der Waals surface area contributed by atoms with E-state index in [0.717, 1.165) is 22.6 Å². The lowest BCUT2D eigenvalue weighted by Gasteiger charge is -2.12. The Kier molecular flexibility index (Phi) is 6.08. The maximum absolute atomic E-state index is 13.1. The summed E-state index contributed by atoms with van der Waals surface area (Å²) in [6.07, 6.45) is 1.63. The van der Waals surface area contributed by atoms with Crippen molar-refractivity contribution in [3.05, 3.63) is 100 Å². The normalized spacial score (nSPS) is 11.2. The lowest BCUT2D eigenvalue weighted by Crippen LogP contribution is -2.23. The van der Waals surface area contributed by atoms with Crippen molar-refractivity contribution in [2.75, 3.05) is 6.61 Å². The zero-order valence-electron chi connectivity index (χ0n) is 17.5. The Bertz CT molecular complexity index is 1280. The van der Waals surface area contributed by atoms with E-state index in [2.05, 4.69) is 10.1 Å². The van der Waals surface area contributed by atoms with Crippen molar-refractivity contribution in [3.8, 4) is 11.5 Å². The van der Waals surface area contributed by atoms with Gasteiger partial charge >= 0.3 is 0 Å². The molecule has 0 unspecified atom stereocenters. The van der Waals surface area contributed by atoms with Crippen molar-refractivity contribution in [2.24, 2.45) is 5.10 Å². The standard InChI is InChI=1S/C25H23N3O3/c1-3-30-20-14-12-19(13-15-20)16-26-28-24(17-31-23-11-7-4-8-18(23)2)27-22-10-6-5-9-21(22)25(28)29/h4-16H,3,17H2,1-2H3. The summed E-state index contributed by atoms with van der Waals surface area (Å²) in [6.45, 7) is 4.64. The Morgan fingerprint density at radius 2 is 1.71 bits per heavy atom. The first kappa shape index (κ1) is 20.3. The van der Waals surface area contributed by atoms with Gasteiger partial charge < -0.3 is 9.47 Å². The quantitative estimate of drug-likeness (QED) is 0.417. The van der Waals surface area contributed by atoms with Crippen LogP contribution in [0.15, 0.2) is 82.7 Å². The number of aromatic nitrogens is 2. The van der Waals surface area contributed by atoms with E-state index in [9.17, 15) is 4.79 Å². The third-order valence-electron chi connectivity index (χ3n) is 4.78. The number of hydrogen-bond acceptors (Lipinski definition) is 5. The fourth-order valence-corrected chi connectivity index (χ4v) is 3.18. The summed E-state index contributed by atoms with van der Waals surface area (Å²) in [5.41, 5.74) is 2.23. The highest BCUT2D eigenvalue weighted by Gasteiger charge is 2.11. The predicted molar refractivity (Wildman–Crippen MR) is 122 cm³/mol. The molecule has 4 aromatic rings. The molecular weight excluding hydrogens is 390 g/mol. The zero-order chi connectivity index (χ0) is 21.6. The second kappa shape index (κ2) is 9.26. The first-order valence-electron chi connectivity index (χ1n) is 10.1. The summed E-state index contributed by atoms with van der Waals surface area (Å²) in [7, 11) is 0. The smallest absolute Gasteiger partial charge is 0.282 e. The number of rotatable bonds is 7. The van der Waals surface area contributed by atoms with E-state index in [1.54, 1.807) is 12.3 Å². The molecule has 0 aliphatic carbocycles. The number of benzene rings is 3. The van der Waals surface area contributed by atoms with Gasteiger partial charge in [-0.3, -0.25) is 4.79 Å². The van der Waals surface area contributed by atoms with Crippen molar-refractivity contribution < 1.29 is 9.47 Å². The van der Waals surface area contributed by atoms with Gasteiger partial charge in [-0.15, -0.1) is 0 Å². The molecule has 0 aliphatic heterocycles. The highest BCUT2D eigenvalue weighted by atomic mass is 16.5. The van der Waals surface area contributed by atoms with E-state index < -0.39 is 0 Å². The molecule has 3 aromatic carbocycles. The molecular formula is C25H23N3O3. The van der Waals surface area contributed by atoms with Crippen LogP contribution in [0, 0.1) is 6.92 Å². The minimum atomic E-state index is -0.240. The molecule has 0 atom stereocenters. The molecule has 31 heavy (non-hydrogen) atoms. The topological polar surface area (TPSA) is 65.7 Å². The Balaban J connectivity index is 1.69. The lowest BCUT2D eigenvalue weighted by atomic mass is 10.2. The highest BCUT2D eigenvalue weighted by molar-refractivity contribution is 5.80. The fourth-order valence-electron chi connectivity index (χ4n) is 3.18. The van der Waals surface area contributed by atoms with Gasteiger partial charge in [0.05, 0.1) is 23.7 Å². The minimum absolute atomic E-state index is 0.117. The summed E-state index contributed by atoms with van der Waals surface area (Å²) in [6, 6.07) is 22.5. The van der Waals surface area contributed by atoms with Gasteiger partial charge in [-0.05, 0) is 67.4 Å². The van der Waals surface area contributed by atoms with Crippen LogP contribution >= 0.6 is 0 Å². The molecule has 0 amide bonds. The van der Waals surface area contributed by atoms with E-state index in [1.807, 2.05) is 80.6 Å². The second-order valence-electron chi connectivity index (χ2n) is 6.96. The van der Waals surface area contributed by atoms with Crippen LogP contribution in [0.4, 0.5) is 0 Å². The Labute approximate surface area is 180 Å². The van der Waals surface area contributed by atoms with Gasteiger partial charge in [-0.1, -0.05) is 30.3 Å². The van der Waals surface area contributed by atoms with Crippen molar-refractivity contribution in [1.29, 1.82) is 0 Å².